The van der Waals surface area contributed by atoms with E-state index in [0.29, 0.717) is 38.8 Å². The minimum absolute atomic E-state index is 0.0208. The SMILES string of the molecule is CC(C)(C(=P)NCCN1CCC(CNC(=O)c2cc(F)cc(C(F)(F)P)c2)CC1)C(F)(F)F. The van der Waals surface area contributed by atoms with E-state index in [1.807, 2.05) is 0 Å². The van der Waals surface area contributed by atoms with Gasteiger partial charge in [0, 0.05) is 36.2 Å². The molecule has 186 valence electrons. The molecule has 2 rings (SSSR count). The van der Waals surface area contributed by atoms with Gasteiger partial charge in [-0.15, -0.1) is 8.86 Å². The van der Waals surface area contributed by atoms with Gasteiger partial charge in [0.2, 0.25) is 0 Å². The largest absolute Gasteiger partial charge is 0.399 e. The Kier molecular flexibility index (Phi) is 9.36. The molecule has 1 unspecified atom stereocenters. The first-order valence-electron chi connectivity index (χ1n) is 10.5. The lowest BCUT2D eigenvalue weighted by Crippen LogP contribution is -2.48. The number of halogens is 6. The molecule has 4 nitrogen and oxygen atoms in total. The van der Waals surface area contributed by atoms with Crippen molar-refractivity contribution in [3.8, 4) is 0 Å². The van der Waals surface area contributed by atoms with Crippen LogP contribution >= 0.6 is 18.1 Å². The molecule has 1 aliphatic rings. The van der Waals surface area contributed by atoms with E-state index < -0.39 is 34.5 Å². The van der Waals surface area contributed by atoms with Crippen molar-refractivity contribution in [3.05, 3.63) is 35.1 Å². The predicted octanol–water partition coefficient (Wildman–Crippen LogP) is 4.64. The monoisotopic (exact) mass is 515 g/mol. The molecular weight excluding hydrogens is 486 g/mol. The second-order valence-corrected chi connectivity index (χ2v) is 10.00. The average Bonchev–Trinajstić information content (AvgIpc) is 2.70. The Bertz CT molecular complexity index is 849. The van der Waals surface area contributed by atoms with Crippen LogP contribution in [0.4, 0.5) is 26.3 Å². The van der Waals surface area contributed by atoms with Gasteiger partial charge in [-0.1, -0.05) is 9.24 Å². The Balaban J connectivity index is 1.75. The quantitative estimate of drug-likeness (QED) is 0.372. The molecule has 12 heteroatoms. The summed E-state index contributed by atoms with van der Waals surface area (Å²) < 4.78 is 79.7. The minimum Gasteiger partial charge on any atom is -0.352 e. The van der Waals surface area contributed by atoms with Gasteiger partial charge in [-0.2, -0.15) is 22.0 Å². The summed E-state index contributed by atoms with van der Waals surface area (Å²) in [6, 6.07) is 2.57. The molecule has 0 saturated carbocycles. The van der Waals surface area contributed by atoms with Gasteiger partial charge in [-0.3, -0.25) is 10.1 Å². The fourth-order valence-electron chi connectivity index (χ4n) is 3.37. The molecule has 1 saturated heterocycles. The van der Waals surface area contributed by atoms with Gasteiger partial charge in [-0.25, -0.2) is 4.39 Å². The highest BCUT2D eigenvalue weighted by molar-refractivity contribution is 7.21. The molecular formula is C21H29F6N3OP2. The van der Waals surface area contributed by atoms with Gasteiger partial charge >= 0.3 is 6.18 Å². The van der Waals surface area contributed by atoms with E-state index in [-0.39, 0.29) is 16.9 Å². The third-order valence-electron chi connectivity index (χ3n) is 5.87. The predicted molar refractivity (Wildman–Crippen MR) is 123 cm³/mol. The van der Waals surface area contributed by atoms with Crippen LogP contribution in [0.5, 0.6) is 0 Å². The van der Waals surface area contributed by atoms with E-state index in [4.69, 9.17) is 0 Å². The molecule has 1 heterocycles. The minimum atomic E-state index is -4.37. The summed E-state index contributed by atoms with van der Waals surface area (Å²) in [7, 11) is 4.38. The fourth-order valence-corrected chi connectivity index (χ4v) is 3.80. The van der Waals surface area contributed by atoms with Crippen LogP contribution in [0.1, 0.15) is 42.6 Å². The van der Waals surface area contributed by atoms with Crippen LogP contribution in [0.25, 0.3) is 0 Å². The van der Waals surface area contributed by atoms with Crippen molar-refractivity contribution in [1.29, 1.82) is 0 Å². The third-order valence-corrected chi connectivity index (χ3v) is 7.00. The maximum absolute atomic E-state index is 13.6. The van der Waals surface area contributed by atoms with Crippen molar-refractivity contribution in [2.75, 3.05) is 32.7 Å². The Morgan fingerprint density at radius 1 is 1.12 bits per heavy atom. The van der Waals surface area contributed by atoms with E-state index in [2.05, 4.69) is 24.4 Å². The molecule has 1 atom stereocenters. The van der Waals surface area contributed by atoms with Crippen LogP contribution in [0, 0.1) is 17.2 Å². The van der Waals surface area contributed by atoms with E-state index >= 15 is 0 Å². The van der Waals surface area contributed by atoms with Gasteiger partial charge in [0.05, 0.1) is 5.41 Å². The van der Waals surface area contributed by atoms with Crippen LogP contribution < -0.4 is 10.6 Å². The molecule has 1 aliphatic heterocycles. The molecule has 0 spiro atoms. The van der Waals surface area contributed by atoms with Gasteiger partial charge in [-0.05, 0) is 63.9 Å². The maximum atomic E-state index is 13.6. The number of hydrogen-bond donors (Lipinski definition) is 2. The molecule has 0 bridgehead atoms. The van der Waals surface area contributed by atoms with E-state index in [0.717, 1.165) is 38.8 Å². The smallest absolute Gasteiger partial charge is 0.352 e. The highest BCUT2D eigenvalue weighted by atomic mass is 31.0. The summed E-state index contributed by atoms with van der Waals surface area (Å²) >= 11 is 0. The number of likely N-dealkylation sites (tertiary alicyclic amines) is 1. The number of carbonyl (C=O) groups excluding carboxylic acids is 1. The van der Waals surface area contributed by atoms with Crippen LogP contribution in [0.2, 0.25) is 0 Å². The molecule has 1 aromatic carbocycles. The van der Waals surface area contributed by atoms with Crippen molar-refractivity contribution >= 4 is 29.4 Å². The molecule has 2 N–H and O–H groups in total. The summed E-state index contributed by atoms with van der Waals surface area (Å²) in [5.41, 5.74) is -6.12. The zero-order valence-corrected chi connectivity index (χ0v) is 20.6. The second kappa shape index (κ2) is 11.0. The van der Waals surface area contributed by atoms with Crippen molar-refractivity contribution in [2.45, 2.75) is 38.5 Å². The zero-order chi connectivity index (χ0) is 25.0. The molecule has 0 aromatic heterocycles. The summed E-state index contributed by atoms with van der Waals surface area (Å²) in [6.45, 7) is 4.86. The molecule has 0 radical (unpaired) electrons. The maximum Gasteiger partial charge on any atom is 0.399 e. The number of carbonyl (C=O) groups is 1. The van der Waals surface area contributed by atoms with Crippen LogP contribution in [-0.4, -0.2) is 55.1 Å². The first-order valence-corrected chi connectivity index (χ1v) is 11.6. The summed E-state index contributed by atoms with van der Waals surface area (Å²) in [5, 5.41) is 5.47. The van der Waals surface area contributed by atoms with Gasteiger partial charge in [0.1, 0.15) is 5.82 Å². The Hall–Kier alpha value is -1.21. The van der Waals surface area contributed by atoms with Crippen molar-refractivity contribution in [1.82, 2.24) is 15.5 Å². The summed E-state index contributed by atoms with van der Waals surface area (Å²) in [5.74, 6) is -1.37. The van der Waals surface area contributed by atoms with E-state index in [1.54, 1.807) is 0 Å². The lowest BCUT2D eigenvalue weighted by Gasteiger charge is -2.33. The van der Waals surface area contributed by atoms with E-state index in [1.165, 1.54) is 9.24 Å². The number of rotatable bonds is 9. The Labute approximate surface area is 194 Å². The number of alkyl halides is 5. The summed E-state index contributed by atoms with van der Waals surface area (Å²) in [4.78, 5) is 14.4. The molecule has 0 aliphatic carbocycles. The van der Waals surface area contributed by atoms with Crippen molar-refractivity contribution in [3.63, 3.8) is 0 Å². The number of piperidine rings is 1. The van der Waals surface area contributed by atoms with Gasteiger partial charge in [0.15, 0.2) is 0 Å². The highest BCUT2D eigenvalue weighted by Gasteiger charge is 2.49. The third kappa shape index (κ3) is 7.91. The fraction of sp³-hybridized carbons (Fsp3) is 0.619. The molecule has 1 fully saturated rings. The first kappa shape index (κ1) is 28.0. The van der Waals surface area contributed by atoms with Crippen molar-refractivity contribution in [2.24, 2.45) is 11.3 Å². The van der Waals surface area contributed by atoms with E-state index in [9.17, 15) is 31.1 Å². The second-order valence-electron chi connectivity index (χ2n) is 8.77. The average molecular weight is 515 g/mol. The number of benzene rings is 1. The van der Waals surface area contributed by atoms with Crippen LogP contribution in [-0.2, 0) is 5.66 Å². The molecule has 33 heavy (non-hydrogen) atoms. The van der Waals surface area contributed by atoms with Crippen LogP contribution in [0.3, 0.4) is 0 Å². The summed E-state index contributed by atoms with van der Waals surface area (Å²) in [6.07, 6.45) is -2.85. The highest BCUT2D eigenvalue weighted by Crippen LogP contribution is 2.38. The molecule has 1 amide bonds. The lowest BCUT2D eigenvalue weighted by molar-refractivity contribution is -0.186. The standard InChI is InChI=1S/C21H29F6N3OP2/c1-19(2,21(25,26)27)18(32)28-5-8-30-6-3-13(4-7-30)12-29-17(31)14-9-15(20(23,24)33)11-16(22)10-14/h9-11,13,28,32H,3-8,12,33H2,1-2H3,(H,29,31). The lowest BCUT2D eigenvalue weighted by atomic mass is 9.92. The number of hydrogen-bond acceptors (Lipinski definition) is 2. The Morgan fingerprint density at radius 2 is 1.73 bits per heavy atom. The number of nitrogens with zero attached hydrogens (tertiary/aromatic N) is 1. The van der Waals surface area contributed by atoms with Crippen LogP contribution in [0.15, 0.2) is 18.2 Å². The Morgan fingerprint density at radius 3 is 2.27 bits per heavy atom. The zero-order valence-electron chi connectivity index (χ0n) is 18.5. The molecule has 1 aromatic rings. The van der Waals surface area contributed by atoms with Gasteiger partial charge < -0.3 is 10.2 Å². The van der Waals surface area contributed by atoms with Gasteiger partial charge in [0.25, 0.3) is 11.6 Å². The number of nitrogens with one attached hydrogen (secondary N) is 2. The van der Waals surface area contributed by atoms with Crippen molar-refractivity contribution < 1.29 is 31.1 Å². The first-order chi connectivity index (χ1) is 15.1. The normalized spacial score (nSPS) is 16.6. The topological polar surface area (TPSA) is 44.4 Å². The number of amides is 1.